The zero-order valence-corrected chi connectivity index (χ0v) is 8.09. The van der Waals surface area contributed by atoms with Gasteiger partial charge in [0.2, 0.25) is 0 Å². The molecule has 0 fully saturated rings. The Labute approximate surface area is 79.7 Å². The van der Waals surface area contributed by atoms with E-state index in [2.05, 4.69) is 0 Å². The summed E-state index contributed by atoms with van der Waals surface area (Å²) < 4.78 is 59.4. The van der Waals surface area contributed by atoms with Crippen LogP contribution in [0.5, 0.6) is 0 Å². The molecule has 0 saturated heterocycles. The average Bonchev–Trinajstić information content (AvgIpc) is 2.01. The van der Waals surface area contributed by atoms with Crippen LogP contribution in [-0.4, -0.2) is 18.8 Å². The molecule has 6 heteroatoms. The van der Waals surface area contributed by atoms with Gasteiger partial charge in [-0.15, -0.1) is 0 Å². The molecule has 0 amide bonds. The number of hydrogen-bond acceptors (Lipinski definition) is 1. The van der Waals surface area contributed by atoms with Crippen LogP contribution in [0.1, 0.15) is 26.7 Å². The molecule has 0 rings (SSSR count). The topological polar surface area (TPSA) is 12.0 Å². The lowest BCUT2D eigenvalue weighted by Gasteiger charge is -2.21. The third kappa shape index (κ3) is 4.21. The molecule has 0 heterocycles. The van der Waals surface area contributed by atoms with Gasteiger partial charge in [0.1, 0.15) is 0 Å². The first kappa shape index (κ1) is 13.6. The van der Waals surface area contributed by atoms with Gasteiger partial charge in [-0.2, -0.15) is 22.0 Å². The first-order valence-electron chi connectivity index (χ1n) is 4.40. The maximum absolute atomic E-state index is 12.2. The molecule has 0 radical (unpaired) electrons. The summed E-state index contributed by atoms with van der Waals surface area (Å²) in [5, 5.41) is 1.21. The Hall–Kier alpha value is -0.390. The van der Waals surface area contributed by atoms with E-state index in [0.29, 0.717) is 6.42 Å². The second kappa shape index (κ2) is 4.91. The standard InChI is InChI=1S/C8H14F5N/c1-3-6(2)4-5-14-8(12,13)7(9,10)11/h6,14H,3-5H2,1-2H3. The van der Waals surface area contributed by atoms with Gasteiger partial charge in [-0.1, -0.05) is 20.3 Å². The molecule has 1 atom stereocenters. The Kier molecular flexibility index (Phi) is 4.77. The van der Waals surface area contributed by atoms with Crippen LogP contribution in [0.15, 0.2) is 0 Å². The van der Waals surface area contributed by atoms with E-state index in [4.69, 9.17) is 0 Å². The van der Waals surface area contributed by atoms with Crippen LogP contribution in [-0.2, 0) is 0 Å². The summed E-state index contributed by atoms with van der Waals surface area (Å²) in [6, 6.07) is -4.78. The van der Waals surface area contributed by atoms with Gasteiger partial charge >= 0.3 is 12.2 Å². The van der Waals surface area contributed by atoms with Crippen LogP contribution in [0.2, 0.25) is 0 Å². The van der Waals surface area contributed by atoms with Gasteiger partial charge in [-0.25, -0.2) is 0 Å². The van der Waals surface area contributed by atoms with Gasteiger partial charge in [-0.3, -0.25) is 5.32 Å². The predicted molar refractivity (Wildman–Crippen MR) is 43.1 cm³/mol. The number of halogens is 5. The molecule has 1 N–H and O–H groups in total. The van der Waals surface area contributed by atoms with Crippen molar-refractivity contribution in [3.8, 4) is 0 Å². The highest BCUT2D eigenvalue weighted by molar-refractivity contribution is 4.72. The minimum Gasteiger partial charge on any atom is -0.250 e. The molecule has 14 heavy (non-hydrogen) atoms. The van der Waals surface area contributed by atoms with Crippen molar-refractivity contribution >= 4 is 0 Å². The number of hydrogen-bond donors (Lipinski definition) is 1. The summed E-state index contributed by atoms with van der Waals surface area (Å²) in [7, 11) is 0. The van der Waals surface area contributed by atoms with Crippen LogP contribution in [0.4, 0.5) is 22.0 Å². The number of rotatable bonds is 5. The Morgan fingerprint density at radius 1 is 1.14 bits per heavy atom. The van der Waals surface area contributed by atoms with Crippen LogP contribution < -0.4 is 5.32 Å². The number of nitrogens with one attached hydrogen (secondary N) is 1. The van der Waals surface area contributed by atoms with Crippen molar-refractivity contribution in [2.24, 2.45) is 5.92 Å². The van der Waals surface area contributed by atoms with Gasteiger partial charge in [0.05, 0.1) is 0 Å². The highest BCUT2D eigenvalue weighted by Crippen LogP contribution is 2.32. The molecular weight excluding hydrogens is 205 g/mol. The normalized spacial score (nSPS) is 15.6. The van der Waals surface area contributed by atoms with Crippen molar-refractivity contribution in [2.75, 3.05) is 6.54 Å². The maximum Gasteiger partial charge on any atom is 0.469 e. The lowest BCUT2D eigenvalue weighted by Crippen LogP contribution is -2.49. The molecule has 0 aromatic carbocycles. The Bertz CT molecular complexity index is 166. The molecule has 0 spiro atoms. The molecule has 0 aliphatic carbocycles. The Balaban J connectivity index is 3.89. The van der Waals surface area contributed by atoms with Crippen molar-refractivity contribution in [2.45, 2.75) is 38.9 Å². The first-order valence-corrected chi connectivity index (χ1v) is 4.40. The molecule has 0 bridgehead atoms. The van der Waals surface area contributed by atoms with E-state index < -0.39 is 12.2 Å². The van der Waals surface area contributed by atoms with Crippen molar-refractivity contribution in [3.05, 3.63) is 0 Å². The van der Waals surface area contributed by atoms with Gasteiger partial charge in [0.25, 0.3) is 0 Å². The van der Waals surface area contributed by atoms with E-state index in [1.807, 2.05) is 6.92 Å². The minimum absolute atomic E-state index is 0.145. The van der Waals surface area contributed by atoms with Crippen LogP contribution in [0, 0.1) is 5.92 Å². The zero-order valence-electron chi connectivity index (χ0n) is 8.09. The molecule has 1 nitrogen and oxygen atoms in total. The van der Waals surface area contributed by atoms with Gasteiger partial charge in [0, 0.05) is 6.54 Å². The summed E-state index contributed by atoms with van der Waals surface area (Å²) in [6.45, 7) is 3.32. The van der Waals surface area contributed by atoms with E-state index in [9.17, 15) is 22.0 Å². The zero-order chi connectivity index (χ0) is 11.4. The predicted octanol–water partition coefficient (Wildman–Crippen LogP) is 3.17. The monoisotopic (exact) mass is 219 g/mol. The second-order valence-corrected chi connectivity index (χ2v) is 3.30. The molecular formula is C8H14F5N. The summed E-state index contributed by atoms with van der Waals surface area (Å²) in [5.41, 5.74) is 0. The highest BCUT2D eigenvalue weighted by Gasteiger charge is 2.57. The summed E-state index contributed by atoms with van der Waals surface area (Å²) in [5.74, 6) is 0.145. The largest absolute Gasteiger partial charge is 0.469 e. The Morgan fingerprint density at radius 2 is 1.64 bits per heavy atom. The van der Waals surface area contributed by atoms with Crippen molar-refractivity contribution in [1.29, 1.82) is 0 Å². The van der Waals surface area contributed by atoms with Crippen LogP contribution >= 0.6 is 0 Å². The maximum atomic E-state index is 12.2. The van der Waals surface area contributed by atoms with Crippen molar-refractivity contribution in [3.63, 3.8) is 0 Å². The average molecular weight is 219 g/mol. The highest BCUT2D eigenvalue weighted by atomic mass is 19.4. The molecule has 0 aliphatic heterocycles. The lowest BCUT2D eigenvalue weighted by atomic mass is 10.1. The van der Waals surface area contributed by atoms with E-state index >= 15 is 0 Å². The Morgan fingerprint density at radius 3 is 2.00 bits per heavy atom. The fourth-order valence-corrected chi connectivity index (χ4v) is 0.780. The van der Waals surface area contributed by atoms with Crippen LogP contribution in [0.3, 0.4) is 0 Å². The van der Waals surface area contributed by atoms with Crippen molar-refractivity contribution in [1.82, 2.24) is 5.32 Å². The van der Waals surface area contributed by atoms with Gasteiger partial charge < -0.3 is 0 Å². The van der Waals surface area contributed by atoms with Crippen molar-refractivity contribution < 1.29 is 22.0 Å². The minimum atomic E-state index is -5.51. The van der Waals surface area contributed by atoms with Gasteiger partial charge in [0.15, 0.2) is 0 Å². The van der Waals surface area contributed by atoms with Gasteiger partial charge in [-0.05, 0) is 12.3 Å². The van der Waals surface area contributed by atoms with Crippen LogP contribution in [0.25, 0.3) is 0 Å². The first-order chi connectivity index (χ1) is 6.20. The summed E-state index contributed by atoms with van der Waals surface area (Å²) >= 11 is 0. The molecule has 0 aromatic rings. The second-order valence-electron chi connectivity index (χ2n) is 3.30. The van der Waals surface area contributed by atoms with E-state index in [1.165, 1.54) is 5.32 Å². The molecule has 0 aliphatic rings. The molecule has 1 unspecified atom stereocenters. The van der Waals surface area contributed by atoms with E-state index in [-0.39, 0.29) is 12.5 Å². The lowest BCUT2D eigenvalue weighted by molar-refractivity contribution is -0.295. The summed E-state index contributed by atoms with van der Waals surface area (Å²) in [4.78, 5) is 0. The van der Waals surface area contributed by atoms with E-state index in [0.717, 1.165) is 6.42 Å². The SMILES string of the molecule is CCC(C)CCNC(F)(F)C(F)(F)F. The third-order valence-electron chi connectivity index (χ3n) is 2.04. The fourth-order valence-electron chi connectivity index (χ4n) is 0.780. The molecule has 0 saturated carbocycles. The number of alkyl halides is 5. The van der Waals surface area contributed by atoms with E-state index in [1.54, 1.807) is 6.92 Å². The third-order valence-corrected chi connectivity index (χ3v) is 2.04. The summed E-state index contributed by atoms with van der Waals surface area (Å²) in [6.07, 6.45) is -4.44. The fraction of sp³-hybridized carbons (Fsp3) is 1.00. The smallest absolute Gasteiger partial charge is 0.250 e. The molecule has 0 aromatic heterocycles. The quantitative estimate of drug-likeness (QED) is 0.553. The molecule has 86 valence electrons.